The molecule has 0 aromatic rings. The van der Waals surface area contributed by atoms with Gasteiger partial charge in [0, 0.05) is 0 Å². The fourth-order valence-corrected chi connectivity index (χ4v) is 0.562. The van der Waals surface area contributed by atoms with Gasteiger partial charge in [-0.25, -0.2) is 4.79 Å². The fraction of sp³-hybridized carbons (Fsp3) is 0.500. The minimum absolute atomic E-state index is 0.0787. The third-order valence-corrected chi connectivity index (χ3v) is 1.05. The van der Waals surface area contributed by atoms with E-state index in [1.807, 2.05) is 0 Å². The van der Waals surface area contributed by atoms with Crippen LogP contribution < -0.4 is 0 Å². The molecular weight excluding hydrogens is 120 g/mol. The maximum absolute atomic E-state index is 10.2. The van der Waals surface area contributed by atoms with Gasteiger partial charge in [0.25, 0.3) is 0 Å². The lowest BCUT2D eigenvalue weighted by atomic mass is 10.2. The van der Waals surface area contributed by atoms with Gasteiger partial charge in [-0.3, -0.25) is 0 Å². The average molecular weight is 130 g/mol. The fourth-order valence-electron chi connectivity index (χ4n) is 0.562. The lowest BCUT2D eigenvalue weighted by molar-refractivity contribution is -0.133. The summed E-state index contributed by atoms with van der Waals surface area (Å²) in [5, 5.41) is 17.0. The quantitative estimate of drug-likeness (QED) is 0.437. The number of hydrogen-bond donors (Lipinski definition) is 2. The van der Waals surface area contributed by atoms with E-state index in [0.717, 1.165) is 0 Å². The molecule has 0 unspecified atom stereocenters. The molecule has 0 aliphatic carbocycles. The van der Waals surface area contributed by atoms with Gasteiger partial charge in [-0.05, 0) is 13.3 Å². The number of hydrogen-bond acceptors (Lipinski definition) is 2. The Hall–Kier alpha value is -0.990. The first-order valence-corrected chi connectivity index (χ1v) is 2.71. The SMILES string of the molecule is CCC(C(=O)O)=C(C)O. The summed E-state index contributed by atoms with van der Waals surface area (Å²) in [4.78, 5) is 10.2. The molecule has 0 aliphatic heterocycles. The van der Waals surface area contributed by atoms with Gasteiger partial charge in [-0.1, -0.05) is 6.92 Å². The van der Waals surface area contributed by atoms with E-state index in [1.54, 1.807) is 6.92 Å². The molecule has 0 aromatic carbocycles. The maximum Gasteiger partial charge on any atom is 0.334 e. The zero-order chi connectivity index (χ0) is 7.44. The predicted molar refractivity (Wildman–Crippen MR) is 33.3 cm³/mol. The summed E-state index contributed by atoms with van der Waals surface area (Å²) in [6.45, 7) is 3.05. The summed E-state index contributed by atoms with van der Waals surface area (Å²) in [6.07, 6.45) is 0.359. The van der Waals surface area contributed by atoms with E-state index in [1.165, 1.54) is 6.92 Å². The highest BCUT2D eigenvalue weighted by Gasteiger charge is 2.06. The molecule has 0 bridgehead atoms. The van der Waals surface area contributed by atoms with E-state index >= 15 is 0 Å². The molecule has 52 valence electrons. The zero-order valence-corrected chi connectivity index (χ0v) is 5.51. The van der Waals surface area contributed by atoms with Crippen LogP contribution in [0.2, 0.25) is 0 Å². The van der Waals surface area contributed by atoms with Crippen LogP contribution in [0.15, 0.2) is 11.3 Å². The first kappa shape index (κ1) is 8.01. The van der Waals surface area contributed by atoms with Crippen molar-refractivity contribution in [3.63, 3.8) is 0 Å². The van der Waals surface area contributed by atoms with Crippen molar-refractivity contribution in [2.45, 2.75) is 20.3 Å². The van der Waals surface area contributed by atoms with Gasteiger partial charge in [0.1, 0.15) is 0 Å². The van der Waals surface area contributed by atoms with E-state index in [4.69, 9.17) is 10.2 Å². The first-order valence-electron chi connectivity index (χ1n) is 2.71. The standard InChI is InChI=1S/C6H10O3/c1-3-5(4(2)7)6(8)9/h7H,3H2,1-2H3,(H,8,9). The normalized spacial score (nSPS) is 12.7. The van der Waals surface area contributed by atoms with E-state index in [0.29, 0.717) is 6.42 Å². The monoisotopic (exact) mass is 130 g/mol. The number of aliphatic hydroxyl groups is 1. The third-order valence-electron chi connectivity index (χ3n) is 1.05. The van der Waals surface area contributed by atoms with E-state index < -0.39 is 5.97 Å². The van der Waals surface area contributed by atoms with Crippen LogP contribution in [0, 0.1) is 0 Å². The van der Waals surface area contributed by atoms with Gasteiger partial charge in [-0.15, -0.1) is 0 Å². The van der Waals surface area contributed by atoms with Gasteiger partial charge in [0.15, 0.2) is 0 Å². The molecule has 0 amide bonds. The van der Waals surface area contributed by atoms with Crippen LogP contribution in [0.5, 0.6) is 0 Å². The van der Waals surface area contributed by atoms with Crippen molar-refractivity contribution < 1.29 is 15.0 Å². The molecule has 0 spiro atoms. The van der Waals surface area contributed by atoms with Gasteiger partial charge in [0.2, 0.25) is 0 Å². The van der Waals surface area contributed by atoms with Crippen LogP contribution in [0.4, 0.5) is 0 Å². The second kappa shape index (κ2) is 3.12. The molecule has 3 heteroatoms. The Labute approximate surface area is 53.6 Å². The highest BCUT2D eigenvalue weighted by molar-refractivity contribution is 5.86. The van der Waals surface area contributed by atoms with Crippen molar-refractivity contribution in [2.24, 2.45) is 0 Å². The Kier molecular flexibility index (Phi) is 2.78. The maximum atomic E-state index is 10.2. The Morgan fingerprint density at radius 2 is 1.89 bits per heavy atom. The first-order chi connectivity index (χ1) is 4.09. The van der Waals surface area contributed by atoms with Crippen molar-refractivity contribution in [3.8, 4) is 0 Å². The molecule has 3 nitrogen and oxygen atoms in total. The van der Waals surface area contributed by atoms with Crippen LogP contribution in [0.3, 0.4) is 0 Å². The average Bonchev–Trinajstić information content (AvgIpc) is 1.64. The van der Waals surface area contributed by atoms with Gasteiger partial charge < -0.3 is 10.2 Å². The zero-order valence-electron chi connectivity index (χ0n) is 5.51. The molecule has 0 radical (unpaired) electrons. The number of carboxylic acids is 1. The second-order valence-corrected chi connectivity index (χ2v) is 1.72. The van der Waals surface area contributed by atoms with Crippen molar-refractivity contribution >= 4 is 5.97 Å². The van der Waals surface area contributed by atoms with Crippen molar-refractivity contribution in [1.82, 2.24) is 0 Å². The summed E-state index contributed by atoms with van der Waals surface area (Å²) in [6, 6.07) is 0. The number of aliphatic hydroxyl groups excluding tert-OH is 1. The summed E-state index contributed by atoms with van der Waals surface area (Å²) in [5.41, 5.74) is 0.0787. The Bertz CT molecular complexity index is 142. The Balaban J connectivity index is 4.35. The molecule has 0 saturated carbocycles. The van der Waals surface area contributed by atoms with Crippen molar-refractivity contribution in [3.05, 3.63) is 11.3 Å². The van der Waals surface area contributed by atoms with Crippen LogP contribution >= 0.6 is 0 Å². The molecule has 0 fully saturated rings. The molecule has 0 atom stereocenters. The van der Waals surface area contributed by atoms with Crippen LogP contribution in [0.25, 0.3) is 0 Å². The Morgan fingerprint density at radius 3 is 1.89 bits per heavy atom. The van der Waals surface area contributed by atoms with Crippen molar-refractivity contribution in [2.75, 3.05) is 0 Å². The minimum Gasteiger partial charge on any atom is -0.512 e. The molecular formula is C6H10O3. The van der Waals surface area contributed by atoms with E-state index in [-0.39, 0.29) is 11.3 Å². The van der Waals surface area contributed by atoms with Crippen LogP contribution in [-0.4, -0.2) is 16.2 Å². The number of carbonyl (C=O) groups is 1. The highest BCUT2D eigenvalue weighted by atomic mass is 16.4. The lowest BCUT2D eigenvalue weighted by Crippen LogP contribution is -2.01. The van der Waals surface area contributed by atoms with Crippen LogP contribution in [-0.2, 0) is 4.79 Å². The molecule has 0 aromatic heterocycles. The summed E-state index contributed by atoms with van der Waals surface area (Å²) in [7, 11) is 0. The number of aliphatic carboxylic acids is 1. The second-order valence-electron chi connectivity index (χ2n) is 1.72. The van der Waals surface area contributed by atoms with Gasteiger partial charge >= 0.3 is 5.97 Å². The molecule has 9 heavy (non-hydrogen) atoms. The number of rotatable bonds is 2. The summed E-state index contributed by atoms with van der Waals surface area (Å²) < 4.78 is 0. The third kappa shape index (κ3) is 2.17. The van der Waals surface area contributed by atoms with Crippen LogP contribution in [0.1, 0.15) is 20.3 Å². The van der Waals surface area contributed by atoms with Gasteiger partial charge in [0.05, 0.1) is 11.3 Å². The van der Waals surface area contributed by atoms with Gasteiger partial charge in [-0.2, -0.15) is 0 Å². The molecule has 0 heterocycles. The Morgan fingerprint density at radius 1 is 1.44 bits per heavy atom. The predicted octanol–water partition coefficient (Wildman–Crippen LogP) is 1.31. The topological polar surface area (TPSA) is 57.5 Å². The summed E-state index contributed by atoms with van der Waals surface area (Å²) in [5.74, 6) is -1.15. The largest absolute Gasteiger partial charge is 0.512 e. The summed E-state index contributed by atoms with van der Waals surface area (Å²) >= 11 is 0. The molecule has 0 saturated heterocycles. The lowest BCUT2D eigenvalue weighted by Gasteiger charge is -1.96. The minimum atomic E-state index is -1.04. The number of carboxylic acid groups (broad SMARTS) is 1. The smallest absolute Gasteiger partial charge is 0.334 e. The molecule has 2 N–H and O–H groups in total. The van der Waals surface area contributed by atoms with E-state index in [9.17, 15) is 4.79 Å². The number of allylic oxidation sites excluding steroid dienone is 1. The van der Waals surface area contributed by atoms with E-state index in [2.05, 4.69) is 0 Å². The van der Waals surface area contributed by atoms with Crippen molar-refractivity contribution in [1.29, 1.82) is 0 Å². The molecule has 0 rings (SSSR count). The highest BCUT2D eigenvalue weighted by Crippen LogP contribution is 2.04. The molecule has 0 aliphatic rings.